The molecule has 0 spiro atoms. The Kier molecular flexibility index (Phi) is 3.72. The first kappa shape index (κ1) is 15.7. The summed E-state index contributed by atoms with van der Waals surface area (Å²) in [5.74, 6) is 0.507. The molecule has 2 amide bonds. The number of fused-ring (bicyclic) bond motifs is 2. The van der Waals surface area contributed by atoms with Crippen LogP contribution in [0, 0.1) is 0 Å². The number of rotatable bonds is 2. The molecule has 1 atom stereocenters. The van der Waals surface area contributed by atoms with Gasteiger partial charge >= 0.3 is 0 Å². The van der Waals surface area contributed by atoms with Crippen molar-refractivity contribution in [2.75, 3.05) is 16.4 Å². The molecule has 0 radical (unpaired) electrons. The van der Waals surface area contributed by atoms with Gasteiger partial charge in [0.25, 0.3) is 17.4 Å². The Morgan fingerprint density at radius 3 is 3.12 bits per heavy atom. The zero-order valence-corrected chi connectivity index (χ0v) is 14.1. The fourth-order valence-electron chi connectivity index (χ4n) is 2.66. The van der Waals surface area contributed by atoms with E-state index in [0.717, 1.165) is 5.75 Å². The molecule has 2 N–H and O–H groups in total. The molecule has 1 aromatic heterocycles. The number of aromatic nitrogens is 2. The third-order valence-electron chi connectivity index (χ3n) is 3.97. The Morgan fingerprint density at radius 2 is 2.28 bits per heavy atom. The summed E-state index contributed by atoms with van der Waals surface area (Å²) < 4.78 is 6.97. The number of anilines is 2. The van der Waals surface area contributed by atoms with Crippen LogP contribution in [-0.2, 0) is 11.3 Å². The molecule has 0 bridgehead atoms. The number of carbonyl (C=O) groups is 2. The Bertz CT molecular complexity index is 956. The van der Waals surface area contributed by atoms with Crippen molar-refractivity contribution >= 4 is 35.0 Å². The maximum Gasteiger partial charge on any atom is 0.267 e. The molecule has 1 aromatic carbocycles. The average molecular weight is 358 g/mol. The molecule has 1 unspecified atom stereocenters. The molecule has 128 valence electrons. The maximum atomic E-state index is 12.4. The van der Waals surface area contributed by atoms with Crippen LogP contribution in [0.25, 0.3) is 0 Å². The lowest BCUT2D eigenvalue weighted by atomic mass is 10.2. The van der Waals surface area contributed by atoms with E-state index < -0.39 is 12.0 Å². The van der Waals surface area contributed by atoms with Gasteiger partial charge in [-0.15, -0.1) is 0 Å². The van der Waals surface area contributed by atoms with Crippen LogP contribution in [0.15, 0.2) is 34.3 Å². The molecule has 2 aliphatic rings. The number of hydrogen-bond acceptors (Lipinski definition) is 6. The van der Waals surface area contributed by atoms with Crippen molar-refractivity contribution < 1.29 is 14.3 Å². The average Bonchev–Trinajstić information content (AvgIpc) is 3.06. The fraction of sp³-hybridized carbons (Fsp3) is 0.250. The van der Waals surface area contributed by atoms with Crippen molar-refractivity contribution in [1.29, 1.82) is 0 Å². The van der Waals surface area contributed by atoms with E-state index in [4.69, 9.17) is 4.74 Å². The SMILES string of the molecule is CC1Oc2ccc(NC(=O)c3cnc4n(c3=O)CCS4)cc2NC1=O. The monoisotopic (exact) mass is 358 g/mol. The third kappa shape index (κ3) is 2.76. The Labute approximate surface area is 146 Å². The fourth-order valence-corrected chi connectivity index (χ4v) is 3.57. The zero-order valence-electron chi connectivity index (χ0n) is 13.2. The lowest BCUT2D eigenvalue weighted by Gasteiger charge is -2.23. The van der Waals surface area contributed by atoms with E-state index >= 15 is 0 Å². The number of amides is 2. The molecule has 0 fully saturated rings. The highest BCUT2D eigenvalue weighted by molar-refractivity contribution is 7.99. The van der Waals surface area contributed by atoms with Crippen LogP contribution in [-0.4, -0.2) is 33.2 Å². The van der Waals surface area contributed by atoms with Gasteiger partial charge in [-0.05, 0) is 25.1 Å². The largest absolute Gasteiger partial charge is 0.479 e. The molecule has 2 aromatic rings. The van der Waals surface area contributed by atoms with Gasteiger partial charge in [-0.25, -0.2) is 4.98 Å². The predicted octanol–water partition coefficient (Wildman–Crippen LogP) is 1.32. The van der Waals surface area contributed by atoms with E-state index in [1.54, 1.807) is 25.1 Å². The number of benzene rings is 1. The smallest absolute Gasteiger partial charge is 0.267 e. The summed E-state index contributed by atoms with van der Waals surface area (Å²) in [6.45, 7) is 2.20. The minimum Gasteiger partial charge on any atom is -0.479 e. The Hall–Kier alpha value is -2.81. The molecular weight excluding hydrogens is 344 g/mol. The molecule has 2 aliphatic heterocycles. The van der Waals surface area contributed by atoms with E-state index in [2.05, 4.69) is 15.6 Å². The van der Waals surface area contributed by atoms with Gasteiger partial charge in [0.15, 0.2) is 11.3 Å². The third-order valence-corrected chi connectivity index (χ3v) is 4.94. The van der Waals surface area contributed by atoms with E-state index in [9.17, 15) is 14.4 Å². The molecule has 4 rings (SSSR count). The van der Waals surface area contributed by atoms with Crippen molar-refractivity contribution in [3.8, 4) is 5.75 Å². The molecule has 0 saturated heterocycles. The standard InChI is InChI=1S/C16H14N4O4S/c1-8-13(21)19-11-6-9(2-3-12(11)24-8)18-14(22)10-7-17-16-20(15(10)23)4-5-25-16/h2-3,6-8H,4-5H2,1H3,(H,18,22)(H,19,21). The van der Waals surface area contributed by atoms with Gasteiger partial charge in [-0.1, -0.05) is 11.8 Å². The first-order chi connectivity index (χ1) is 12.0. The first-order valence-corrected chi connectivity index (χ1v) is 8.67. The summed E-state index contributed by atoms with van der Waals surface area (Å²) in [5.41, 5.74) is 0.552. The molecular formula is C16H14N4O4S. The lowest BCUT2D eigenvalue weighted by Crippen LogP contribution is -2.34. The first-order valence-electron chi connectivity index (χ1n) is 7.68. The van der Waals surface area contributed by atoms with Crippen LogP contribution >= 0.6 is 11.8 Å². The van der Waals surface area contributed by atoms with Gasteiger partial charge in [-0.2, -0.15) is 0 Å². The summed E-state index contributed by atoms with van der Waals surface area (Å²) >= 11 is 1.49. The van der Waals surface area contributed by atoms with E-state index in [1.807, 2.05) is 0 Å². The lowest BCUT2D eigenvalue weighted by molar-refractivity contribution is -0.122. The Morgan fingerprint density at radius 1 is 1.44 bits per heavy atom. The predicted molar refractivity (Wildman–Crippen MR) is 92.3 cm³/mol. The highest BCUT2D eigenvalue weighted by Gasteiger charge is 2.24. The van der Waals surface area contributed by atoms with Crippen molar-refractivity contribution in [2.24, 2.45) is 0 Å². The van der Waals surface area contributed by atoms with Crippen LogP contribution in [0.5, 0.6) is 5.75 Å². The van der Waals surface area contributed by atoms with Crippen LogP contribution in [0.4, 0.5) is 11.4 Å². The summed E-state index contributed by atoms with van der Waals surface area (Å²) in [4.78, 5) is 40.7. The molecule has 9 heteroatoms. The summed E-state index contributed by atoms with van der Waals surface area (Å²) in [6.07, 6.45) is 0.732. The number of thioether (sulfide) groups is 1. The normalized spacial score (nSPS) is 18.0. The molecule has 0 saturated carbocycles. The topological polar surface area (TPSA) is 102 Å². The van der Waals surface area contributed by atoms with Crippen molar-refractivity contribution in [2.45, 2.75) is 24.7 Å². The quantitative estimate of drug-likeness (QED) is 0.785. The Balaban J connectivity index is 1.59. The minimum absolute atomic E-state index is 0.0159. The molecule has 0 aliphatic carbocycles. The van der Waals surface area contributed by atoms with Gasteiger partial charge in [0.2, 0.25) is 0 Å². The number of carbonyl (C=O) groups excluding carboxylic acids is 2. The minimum atomic E-state index is -0.566. The number of hydrogen-bond donors (Lipinski definition) is 2. The summed E-state index contributed by atoms with van der Waals surface area (Å²) in [5, 5.41) is 6.00. The highest BCUT2D eigenvalue weighted by Crippen LogP contribution is 2.32. The van der Waals surface area contributed by atoms with Gasteiger partial charge < -0.3 is 15.4 Å². The molecule has 8 nitrogen and oxygen atoms in total. The number of nitrogens with one attached hydrogen (secondary N) is 2. The van der Waals surface area contributed by atoms with Crippen LogP contribution < -0.4 is 20.9 Å². The van der Waals surface area contributed by atoms with Gasteiger partial charge in [0, 0.05) is 24.2 Å². The van der Waals surface area contributed by atoms with E-state index in [0.29, 0.717) is 28.8 Å². The second-order valence-corrected chi connectivity index (χ2v) is 6.74. The van der Waals surface area contributed by atoms with Gasteiger partial charge in [0.05, 0.1) is 5.69 Å². The second kappa shape index (κ2) is 5.92. The summed E-state index contributed by atoms with van der Waals surface area (Å²) in [7, 11) is 0. The number of ether oxygens (including phenoxy) is 1. The zero-order chi connectivity index (χ0) is 17.6. The molecule has 25 heavy (non-hydrogen) atoms. The van der Waals surface area contributed by atoms with Crippen LogP contribution in [0.2, 0.25) is 0 Å². The van der Waals surface area contributed by atoms with Crippen LogP contribution in [0.1, 0.15) is 17.3 Å². The highest BCUT2D eigenvalue weighted by atomic mass is 32.2. The maximum absolute atomic E-state index is 12.4. The molecule has 3 heterocycles. The van der Waals surface area contributed by atoms with E-state index in [1.165, 1.54) is 22.5 Å². The second-order valence-electron chi connectivity index (χ2n) is 5.67. The summed E-state index contributed by atoms with van der Waals surface area (Å²) in [6, 6.07) is 4.89. The van der Waals surface area contributed by atoms with Gasteiger partial charge in [-0.3, -0.25) is 19.0 Å². The van der Waals surface area contributed by atoms with Crippen molar-refractivity contribution in [3.63, 3.8) is 0 Å². The number of nitrogens with zero attached hydrogens (tertiary/aromatic N) is 2. The van der Waals surface area contributed by atoms with Crippen molar-refractivity contribution in [1.82, 2.24) is 9.55 Å². The van der Waals surface area contributed by atoms with Crippen LogP contribution in [0.3, 0.4) is 0 Å². The van der Waals surface area contributed by atoms with Gasteiger partial charge in [0.1, 0.15) is 11.3 Å². The van der Waals surface area contributed by atoms with E-state index in [-0.39, 0.29) is 17.0 Å². The van der Waals surface area contributed by atoms with Crippen molar-refractivity contribution in [3.05, 3.63) is 40.3 Å².